The maximum atomic E-state index is 13.3. The van der Waals surface area contributed by atoms with Crippen LogP contribution in [0.1, 0.15) is 16.7 Å². The van der Waals surface area contributed by atoms with Gasteiger partial charge in [-0.3, -0.25) is 4.99 Å². The van der Waals surface area contributed by atoms with Gasteiger partial charge in [0, 0.05) is 20.1 Å². The molecule has 0 atom stereocenters. The van der Waals surface area contributed by atoms with Crippen molar-refractivity contribution < 1.29 is 22.6 Å². The molecule has 5 nitrogen and oxygen atoms in total. The second-order valence-electron chi connectivity index (χ2n) is 5.65. The highest BCUT2D eigenvalue weighted by molar-refractivity contribution is 14.0. The van der Waals surface area contributed by atoms with Gasteiger partial charge < -0.3 is 20.1 Å². The van der Waals surface area contributed by atoms with Crippen molar-refractivity contribution in [1.82, 2.24) is 10.6 Å². The Labute approximate surface area is 179 Å². The molecule has 2 aromatic rings. The predicted octanol–water partition coefficient (Wildman–Crippen LogP) is 4.21. The SMILES string of the molecule is CN=C(NCc1cccc(OC)c1)NCc1ccc(OC)cc1C(F)(F)F.I. The number of ether oxygens (including phenoxy) is 2. The number of hydrogen-bond donors (Lipinski definition) is 2. The summed E-state index contributed by atoms with van der Waals surface area (Å²) < 4.78 is 49.9. The molecular weight excluding hydrogens is 486 g/mol. The largest absolute Gasteiger partial charge is 0.497 e. The van der Waals surface area contributed by atoms with E-state index >= 15 is 0 Å². The first-order chi connectivity index (χ1) is 12.9. The molecule has 0 saturated heterocycles. The first kappa shape index (κ1) is 23.9. The van der Waals surface area contributed by atoms with Crippen molar-refractivity contribution >= 4 is 29.9 Å². The van der Waals surface area contributed by atoms with Gasteiger partial charge in [-0.25, -0.2) is 0 Å². The molecule has 0 amide bonds. The molecule has 0 bridgehead atoms. The van der Waals surface area contributed by atoms with Crippen molar-refractivity contribution in [1.29, 1.82) is 0 Å². The standard InChI is InChI=1S/C19H22F3N3O2.HI/c1-23-18(24-11-13-5-4-6-15(9-13)26-2)25-12-14-7-8-16(27-3)10-17(14)19(20,21)22;/h4-10H,11-12H2,1-3H3,(H2,23,24,25);1H. The highest BCUT2D eigenvalue weighted by Crippen LogP contribution is 2.34. The van der Waals surface area contributed by atoms with Gasteiger partial charge in [0.25, 0.3) is 0 Å². The molecule has 0 fully saturated rings. The summed E-state index contributed by atoms with van der Waals surface area (Å²) in [5, 5.41) is 5.97. The molecule has 0 spiro atoms. The Bertz CT molecular complexity index is 798. The van der Waals surface area contributed by atoms with Crippen molar-refractivity contribution in [3.8, 4) is 11.5 Å². The minimum absolute atomic E-state index is 0. The molecule has 0 saturated carbocycles. The lowest BCUT2D eigenvalue weighted by molar-refractivity contribution is -0.138. The highest BCUT2D eigenvalue weighted by atomic mass is 127. The molecule has 9 heteroatoms. The number of alkyl halides is 3. The van der Waals surface area contributed by atoms with Gasteiger partial charge in [0.1, 0.15) is 11.5 Å². The molecule has 0 aliphatic heterocycles. The van der Waals surface area contributed by atoms with Gasteiger partial charge in [-0.2, -0.15) is 13.2 Å². The van der Waals surface area contributed by atoms with Crippen LogP contribution in [0.2, 0.25) is 0 Å². The summed E-state index contributed by atoms with van der Waals surface area (Å²) in [6.07, 6.45) is -4.47. The van der Waals surface area contributed by atoms with E-state index in [9.17, 15) is 13.2 Å². The van der Waals surface area contributed by atoms with Gasteiger partial charge in [0.2, 0.25) is 0 Å². The van der Waals surface area contributed by atoms with E-state index in [2.05, 4.69) is 15.6 Å². The number of methoxy groups -OCH3 is 2. The van der Waals surface area contributed by atoms with E-state index in [1.165, 1.54) is 19.2 Å². The fraction of sp³-hybridized carbons (Fsp3) is 0.316. The molecule has 2 rings (SSSR count). The summed E-state index contributed by atoms with van der Waals surface area (Å²) in [4.78, 5) is 4.04. The fourth-order valence-corrected chi connectivity index (χ4v) is 2.47. The quantitative estimate of drug-likeness (QED) is 0.348. The molecular formula is C19H23F3IN3O2. The van der Waals surface area contributed by atoms with Gasteiger partial charge >= 0.3 is 6.18 Å². The van der Waals surface area contributed by atoms with Gasteiger partial charge in [-0.05, 0) is 35.4 Å². The molecule has 154 valence electrons. The number of rotatable bonds is 6. The van der Waals surface area contributed by atoms with E-state index in [1.807, 2.05) is 24.3 Å². The number of aliphatic imine (C=N–C) groups is 1. The topological polar surface area (TPSA) is 54.9 Å². The lowest BCUT2D eigenvalue weighted by atomic mass is 10.1. The van der Waals surface area contributed by atoms with Crippen LogP contribution < -0.4 is 20.1 Å². The van der Waals surface area contributed by atoms with E-state index < -0.39 is 11.7 Å². The Morgan fingerprint density at radius 1 is 0.964 bits per heavy atom. The third kappa shape index (κ3) is 6.77. The van der Waals surface area contributed by atoms with Crippen LogP contribution in [0, 0.1) is 0 Å². The first-order valence-electron chi connectivity index (χ1n) is 8.19. The summed E-state index contributed by atoms with van der Waals surface area (Å²) in [6.45, 7) is 0.419. The molecule has 28 heavy (non-hydrogen) atoms. The van der Waals surface area contributed by atoms with Gasteiger partial charge in [0.15, 0.2) is 5.96 Å². The predicted molar refractivity (Wildman–Crippen MR) is 113 cm³/mol. The molecule has 0 unspecified atom stereocenters. The third-order valence-corrected chi connectivity index (χ3v) is 3.89. The van der Waals surface area contributed by atoms with Crippen LogP contribution >= 0.6 is 24.0 Å². The number of hydrogen-bond acceptors (Lipinski definition) is 3. The lowest BCUT2D eigenvalue weighted by Crippen LogP contribution is -2.36. The molecule has 2 N–H and O–H groups in total. The maximum Gasteiger partial charge on any atom is 0.416 e. The molecule has 0 aromatic heterocycles. The number of halogens is 4. The summed E-state index contributed by atoms with van der Waals surface area (Å²) in [7, 11) is 4.47. The second-order valence-corrected chi connectivity index (χ2v) is 5.65. The van der Waals surface area contributed by atoms with E-state index in [0.717, 1.165) is 17.4 Å². The Balaban J connectivity index is 0.00000392. The van der Waals surface area contributed by atoms with Crippen LogP contribution in [0.4, 0.5) is 13.2 Å². The fourth-order valence-electron chi connectivity index (χ4n) is 2.47. The van der Waals surface area contributed by atoms with E-state index in [0.29, 0.717) is 12.5 Å². The molecule has 0 heterocycles. The van der Waals surface area contributed by atoms with E-state index in [4.69, 9.17) is 9.47 Å². The van der Waals surface area contributed by atoms with Crippen molar-refractivity contribution in [3.63, 3.8) is 0 Å². The average molecular weight is 509 g/mol. The zero-order valence-corrected chi connectivity index (χ0v) is 18.1. The zero-order chi connectivity index (χ0) is 19.9. The molecule has 0 radical (unpaired) electrons. The summed E-state index contributed by atoms with van der Waals surface area (Å²) in [5.74, 6) is 1.28. The van der Waals surface area contributed by atoms with Crippen LogP contribution in [-0.4, -0.2) is 27.2 Å². The summed E-state index contributed by atoms with van der Waals surface area (Å²) in [5.41, 5.74) is 0.322. The van der Waals surface area contributed by atoms with Gasteiger partial charge in [0.05, 0.1) is 19.8 Å². The van der Waals surface area contributed by atoms with E-state index in [-0.39, 0.29) is 41.8 Å². The van der Waals surface area contributed by atoms with Crippen LogP contribution in [0.15, 0.2) is 47.5 Å². The van der Waals surface area contributed by atoms with Crippen molar-refractivity contribution in [2.24, 2.45) is 4.99 Å². The number of nitrogens with one attached hydrogen (secondary N) is 2. The summed E-state index contributed by atoms with van der Waals surface area (Å²) in [6, 6.07) is 11.4. The van der Waals surface area contributed by atoms with Crippen molar-refractivity contribution in [3.05, 3.63) is 59.2 Å². The number of benzene rings is 2. The Hall–Kier alpha value is -2.17. The third-order valence-electron chi connectivity index (χ3n) is 3.89. The Morgan fingerprint density at radius 2 is 1.61 bits per heavy atom. The smallest absolute Gasteiger partial charge is 0.416 e. The highest BCUT2D eigenvalue weighted by Gasteiger charge is 2.33. The zero-order valence-electron chi connectivity index (χ0n) is 15.8. The van der Waals surface area contributed by atoms with Crippen LogP contribution in [0.25, 0.3) is 0 Å². The van der Waals surface area contributed by atoms with Crippen molar-refractivity contribution in [2.45, 2.75) is 19.3 Å². The van der Waals surface area contributed by atoms with Gasteiger partial charge in [-0.1, -0.05) is 18.2 Å². The maximum absolute atomic E-state index is 13.3. The molecule has 0 aliphatic rings. The minimum Gasteiger partial charge on any atom is -0.497 e. The molecule has 0 aliphatic carbocycles. The Kier molecular flexibility index (Phi) is 9.36. The van der Waals surface area contributed by atoms with Crippen molar-refractivity contribution in [2.75, 3.05) is 21.3 Å². The minimum atomic E-state index is -4.47. The average Bonchev–Trinajstić information content (AvgIpc) is 2.67. The number of nitrogens with zero attached hydrogens (tertiary/aromatic N) is 1. The van der Waals surface area contributed by atoms with Gasteiger partial charge in [-0.15, -0.1) is 24.0 Å². The normalized spacial score (nSPS) is 11.4. The van der Waals surface area contributed by atoms with E-state index in [1.54, 1.807) is 14.2 Å². The lowest BCUT2D eigenvalue weighted by Gasteiger charge is -2.17. The van der Waals surface area contributed by atoms with Crippen LogP contribution in [-0.2, 0) is 19.3 Å². The van der Waals surface area contributed by atoms with Crippen LogP contribution in [0.5, 0.6) is 11.5 Å². The monoisotopic (exact) mass is 509 g/mol. The first-order valence-corrected chi connectivity index (χ1v) is 8.19. The second kappa shape index (κ2) is 11.0. The van der Waals surface area contributed by atoms with Crippen LogP contribution in [0.3, 0.4) is 0 Å². The Morgan fingerprint density at radius 3 is 2.21 bits per heavy atom. The summed E-state index contributed by atoms with van der Waals surface area (Å²) >= 11 is 0. The molecule has 2 aromatic carbocycles. The number of guanidine groups is 1.